The molecule has 3 aromatic carbocycles. The lowest BCUT2D eigenvalue weighted by molar-refractivity contribution is 0.257. The van der Waals surface area contributed by atoms with Crippen LogP contribution in [0.1, 0.15) is 5.56 Å². The van der Waals surface area contributed by atoms with Crippen LogP contribution in [-0.4, -0.2) is 31.8 Å². The second-order valence-corrected chi connectivity index (χ2v) is 7.85. The molecule has 0 atom stereocenters. The van der Waals surface area contributed by atoms with Gasteiger partial charge >= 0.3 is 6.03 Å². The number of nitrogens with one attached hydrogen (secondary N) is 2. The Morgan fingerprint density at radius 3 is 2.45 bits per heavy atom. The normalized spacial score (nSPS) is 12.5. The van der Waals surface area contributed by atoms with E-state index in [-0.39, 0.29) is 11.6 Å². The minimum Gasteiger partial charge on any atom is -0.497 e. The van der Waals surface area contributed by atoms with Gasteiger partial charge in [-0.15, -0.1) is 0 Å². The van der Waals surface area contributed by atoms with Gasteiger partial charge in [0.2, 0.25) is 0 Å². The molecule has 1 aliphatic heterocycles. The van der Waals surface area contributed by atoms with Crippen molar-refractivity contribution in [3.05, 3.63) is 82.8 Å². The summed E-state index contributed by atoms with van der Waals surface area (Å²) in [5.41, 5.74) is 3.75. The van der Waals surface area contributed by atoms with E-state index in [4.69, 9.17) is 9.47 Å². The summed E-state index contributed by atoms with van der Waals surface area (Å²) in [6.07, 6.45) is 2.50. The average Bonchev–Trinajstić information content (AvgIpc) is 3.27. The summed E-state index contributed by atoms with van der Waals surface area (Å²) in [6.45, 7) is 0.611. The highest BCUT2D eigenvalue weighted by Crippen LogP contribution is 2.33. The summed E-state index contributed by atoms with van der Waals surface area (Å²) in [4.78, 5) is 30.1. The number of amides is 2. The number of carbonyl (C=O) groups excluding carboxylic acids is 1. The predicted octanol–water partition coefficient (Wildman–Crippen LogP) is 4.81. The molecule has 2 N–H and O–H groups in total. The number of fused-ring (bicyclic) bond motifs is 2. The largest absolute Gasteiger partial charge is 0.497 e. The molecule has 5 rings (SSSR count). The van der Waals surface area contributed by atoms with Crippen LogP contribution in [0.4, 0.5) is 16.2 Å². The van der Waals surface area contributed by atoms with Crippen LogP contribution >= 0.6 is 0 Å². The summed E-state index contributed by atoms with van der Waals surface area (Å²) in [6, 6.07) is 18.5. The van der Waals surface area contributed by atoms with Crippen molar-refractivity contribution in [3.8, 4) is 22.6 Å². The van der Waals surface area contributed by atoms with Crippen molar-refractivity contribution in [1.82, 2.24) is 4.98 Å². The van der Waals surface area contributed by atoms with Gasteiger partial charge in [-0.1, -0.05) is 18.2 Å². The third-order valence-corrected chi connectivity index (χ3v) is 5.97. The molecule has 0 unspecified atom stereocenters. The van der Waals surface area contributed by atoms with Crippen LogP contribution in [0.5, 0.6) is 11.5 Å². The number of hydrogen-bond donors (Lipinski definition) is 2. The van der Waals surface area contributed by atoms with Crippen LogP contribution in [0.15, 0.2) is 71.7 Å². The SMILES string of the molecule is COc1ccc2c(c1)N(C(=O)Nc1ccc(-c3c(=O)[nH]cc4ccc(OC)cc34)cc1)CC2. The van der Waals surface area contributed by atoms with Crippen molar-refractivity contribution in [2.75, 3.05) is 31.0 Å². The summed E-state index contributed by atoms with van der Waals surface area (Å²) in [5.74, 6) is 1.40. The highest BCUT2D eigenvalue weighted by molar-refractivity contribution is 6.03. The molecule has 7 nitrogen and oxygen atoms in total. The molecule has 1 aliphatic rings. The van der Waals surface area contributed by atoms with E-state index in [9.17, 15) is 9.59 Å². The fourth-order valence-electron chi connectivity index (χ4n) is 4.24. The fourth-order valence-corrected chi connectivity index (χ4v) is 4.24. The monoisotopic (exact) mass is 441 g/mol. The molecule has 0 saturated carbocycles. The van der Waals surface area contributed by atoms with E-state index in [1.54, 1.807) is 37.4 Å². The van der Waals surface area contributed by atoms with Crippen molar-refractivity contribution in [2.45, 2.75) is 6.42 Å². The third-order valence-electron chi connectivity index (χ3n) is 5.97. The number of methoxy groups -OCH3 is 2. The van der Waals surface area contributed by atoms with E-state index in [1.165, 1.54) is 0 Å². The highest BCUT2D eigenvalue weighted by atomic mass is 16.5. The lowest BCUT2D eigenvalue weighted by Gasteiger charge is -2.19. The molecule has 166 valence electrons. The van der Waals surface area contributed by atoms with E-state index < -0.39 is 0 Å². The maximum absolute atomic E-state index is 12.9. The van der Waals surface area contributed by atoms with Crippen molar-refractivity contribution in [2.24, 2.45) is 0 Å². The smallest absolute Gasteiger partial charge is 0.326 e. The van der Waals surface area contributed by atoms with Crippen LogP contribution in [-0.2, 0) is 6.42 Å². The predicted molar refractivity (Wildman–Crippen MR) is 130 cm³/mol. The molecular formula is C26H23N3O4. The number of nitrogens with zero attached hydrogens (tertiary/aromatic N) is 1. The summed E-state index contributed by atoms with van der Waals surface area (Å²) >= 11 is 0. The zero-order valence-electron chi connectivity index (χ0n) is 18.3. The first-order valence-corrected chi connectivity index (χ1v) is 10.6. The van der Waals surface area contributed by atoms with Crippen molar-refractivity contribution >= 4 is 28.2 Å². The molecule has 2 heterocycles. The molecule has 0 radical (unpaired) electrons. The first-order valence-electron chi connectivity index (χ1n) is 10.6. The number of carbonyl (C=O) groups is 1. The Morgan fingerprint density at radius 2 is 1.70 bits per heavy atom. The fraction of sp³-hybridized carbons (Fsp3) is 0.154. The van der Waals surface area contributed by atoms with Gasteiger partial charge in [0.15, 0.2) is 0 Å². The van der Waals surface area contributed by atoms with Gasteiger partial charge < -0.3 is 19.8 Å². The molecule has 0 aliphatic carbocycles. The molecule has 7 heteroatoms. The molecule has 0 bridgehead atoms. The minimum atomic E-state index is -0.206. The topological polar surface area (TPSA) is 83.7 Å². The molecular weight excluding hydrogens is 418 g/mol. The molecule has 0 spiro atoms. The Bertz CT molecular complexity index is 1410. The Hall–Kier alpha value is -4.26. The van der Waals surface area contributed by atoms with E-state index in [0.717, 1.165) is 39.8 Å². The van der Waals surface area contributed by atoms with Crippen LogP contribution in [0.3, 0.4) is 0 Å². The van der Waals surface area contributed by atoms with Gasteiger partial charge in [-0.2, -0.15) is 0 Å². The number of aromatic nitrogens is 1. The number of anilines is 2. The van der Waals surface area contributed by atoms with Crippen molar-refractivity contribution < 1.29 is 14.3 Å². The van der Waals surface area contributed by atoms with E-state index in [1.807, 2.05) is 48.5 Å². The van der Waals surface area contributed by atoms with Crippen LogP contribution in [0.2, 0.25) is 0 Å². The summed E-state index contributed by atoms with van der Waals surface area (Å²) < 4.78 is 10.6. The molecule has 33 heavy (non-hydrogen) atoms. The quantitative estimate of drug-likeness (QED) is 0.476. The van der Waals surface area contributed by atoms with Gasteiger partial charge in [0.25, 0.3) is 5.56 Å². The summed E-state index contributed by atoms with van der Waals surface area (Å²) in [7, 11) is 3.21. The number of benzene rings is 3. The van der Waals surface area contributed by atoms with E-state index >= 15 is 0 Å². The number of ether oxygens (including phenoxy) is 2. The molecule has 0 saturated heterocycles. The van der Waals surface area contributed by atoms with Crippen LogP contribution in [0, 0.1) is 0 Å². The first-order chi connectivity index (χ1) is 16.1. The number of hydrogen-bond acceptors (Lipinski definition) is 4. The lowest BCUT2D eigenvalue weighted by Crippen LogP contribution is -2.33. The molecule has 2 amide bonds. The number of aromatic amines is 1. The standard InChI is InChI=1S/C26H23N3O4/c1-32-20-10-6-18-15-27-25(30)24(22(18)13-20)17-3-7-19(8-4-17)28-26(31)29-12-11-16-5-9-21(33-2)14-23(16)29/h3-10,13-15H,11-12H2,1-2H3,(H,27,30)(H,28,31). The van der Waals surface area contributed by atoms with Gasteiger partial charge in [0.1, 0.15) is 11.5 Å². The van der Waals surface area contributed by atoms with Gasteiger partial charge in [-0.3, -0.25) is 9.69 Å². The number of pyridine rings is 1. The number of rotatable bonds is 4. The van der Waals surface area contributed by atoms with Crippen LogP contribution in [0.25, 0.3) is 21.9 Å². The van der Waals surface area contributed by atoms with Crippen molar-refractivity contribution in [1.29, 1.82) is 0 Å². The Kier molecular flexibility index (Phi) is 5.22. The Balaban J connectivity index is 1.41. The van der Waals surface area contributed by atoms with Crippen LogP contribution < -0.4 is 25.2 Å². The maximum Gasteiger partial charge on any atom is 0.326 e. The van der Waals surface area contributed by atoms with Gasteiger partial charge in [-0.05, 0) is 59.3 Å². The second-order valence-electron chi connectivity index (χ2n) is 7.85. The van der Waals surface area contributed by atoms with Gasteiger partial charge in [0, 0.05) is 29.9 Å². The number of urea groups is 1. The van der Waals surface area contributed by atoms with Gasteiger partial charge in [0.05, 0.1) is 25.5 Å². The zero-order valence-corrected chi connectivity index (χ0v) is 18.3. The van der Waals surface area contributed by atoms with Crippen molar-refractivity contribution in [3.63, 3.8) is 0 Å². The van der Waals surface area contributed by atoms with E-state index in [2.05, 4.69) is 10.3 Å². The zero-order chi connectivity index (χ0) is 22.9. The molecule has 1 aromatic heterocycles. The minimum absolute atomic E-state index is 0.185. The molecule has 0 fully saturated rings. The highest BCUT2D eigenvalue weighted by Gasteiger charge is 2.25. The third kappa shape index (κ3) is 3.78. The Labute approximate surface area is 190 Å². The lowest BCUT2D eigenvalue weighted by atomic mass is 10.00. The molecule has 4 aromatic rings. The Morgan fingerprint density at radius 1 is 0.970 bits per heavy atom. The van der Waals surface area contributed by atoms with Gasteiger partial charge in [-0.25, -0.2) is 4.79 Å². The first kappa shape index (κ1) is 20.6. The summed E-state index contributed by atoms with van der Waals surface area (Å²) in [5, 5.41) is 4.66. The number of H-pyrrole nitrogens is 1. The average molecular weight is 441 g/mol. The second kappa shape index (κ2) is 8.35. The van der Waals surface area contributed by atoms with E-state index in [0.29, 0.717) is 23.5 Å². The maximum atomic E-state index is 12.9.